The molecule has 0 aliphatic rings. The fourth-order valence-electron chi connectivity index (χ4n) is 0. The summed E-state index contributed by atoms with van der Waals surface area (Å²) >= 11 is 0. The van der Waals surface area contributed by atoms with Crippen molar-refractivity contribution in [3.63, 3.8) is 0 Å². The van der Waals surface area contributed by atoms with E-state index >= 15 is 0 Å². The first kappa shape index (κ1) is 9.31. The van der Waals surface area contributed by atoms with Crippen LogP contribution >= 0.6 is 0 Å². The van der Waals surface area contributed by atoms with Crippen LogP contribution in [-0.4, -0.2) is 5.09 Å². The molecular formula is C2H6N2O3. The maximum atomic E-state index is 8.25. The van der Waals surface area contributed by atoms with E-state index in [2.05, 4.69) is 12.3 Å². The molecule has 0 radical (unpaired) electrons. The van der Waals surface area contributed by atoms with Gasteiger partial charge in [-0.05, 0) is 6.58 Å². The number of hydrogen-bond acceptors (Lipinski definition) is 3. The van der Waals surface area contributed by atoms with Crippen molar-refractivity contribution in [3.05, 3.63) is 28.1 Å². The van der Waals surface area contributed by atoms with E-state index in [9.17, 15) is 0 Å². The Kier molecular flexibility index (Phi) is 11.8. The predicted molar refractivity (Wildman–Crippen MR) is 23.4 cm³/mol. The van der Waals surface area contributed by atoms with Crippen LogP contribution in [-0.2, 0) is 0 Å². The van der Waals surface area contributed by atoms with Crippen LogP contribution < -0.4 is 5.73 Å². The average molecular weight is 106 g/mol. The fourth-order valence-corrected chi connectivity index (χ4v) is 0. The van der Waals surface area contributed by atoms with E-state index in [1.165, 1.54) is 6.20 Å². The molecule has 0 aromatic heterocycles. The zero-order valence-electron chi connectivity index (χ0n) is 3.66. The van der Waals surface area contributed by atoms with Crippen LogP contribution in [0.25, 0.3) is 0 Å². The van der Waals surface area contributed by atoms with Gasteiger partial charge >= 0.3 is 0 Å². The summed E-state index contributed by atoms with van der Waals surface area (Å²) < 4.78 is 0. The van der Waals surface area contributed by atoms with Crippen LogP contribution in [0.5, 0.6) is 0 Å². The number of quaternary nitrogens is 1. The van der Waals surface area contributed by atoms with Crippen molar-refractivity contribution >= 4 is 0 Å². The van der Waals surface area contributed by atoms with Gasteiger partial charge < -0.3 is 21.1 Å². The minimum Gasteiger partial charge on any atom is -0.356 e. The van der Waals surface area contributed by atoms with E-state index in [4.69, 9.17) is 15.3 Å². The lowest BCUT2D eigenvalue weighted by Gasteiger charge is -1.74. The molecule has 0 spiro atoms. The fraction of sp³-hybridized carbons (Fsp3) is 0. The van der Waals surface area contributed by atoms with Crippen LogP contribution in [0.3, 0.4) is 0 Å². The van der Waals surface area contributed by atoms with E-state index in [0.717, 1.165) is 0 Å². The first-order chi connectivity index (χ1) is 3.15. The normalized spacial score (nSPS) is 5.29. The molecule has 0 amide bonds. The van der Waals surface area contributed by atoms with Gasteiger partial charge in [-0.1, -0.05) is 0 Å². The summed E-state index contributed by atoms with van der Waals surface area (Å²) in [4.78, 5) is 8.25. The van der Waals surface area contributed by atoms with Gasteiger partial charge in [-0.15, -0.1) is 0 Å². The third kappa shape index (κ3) is 34.1. The van der Waals surface area contributed by atoms with Gasteiger partial charge in [0.1, 0.15) is 0 Å². The Morgan fingerprint density at radius 1 is 1.71 bits per heavy atom. The topological polar surface area (TPSA) is 93.8 Å². The Morgan fingerprint density at radius 3 is 1.71 bits per heavy atom. The molecule has 0 saturated carbocycles. The summed E-state index contributed by atoms with van der Waals surface area (Å²) in [6, 6.07) is 0. The molecule has 3 N–H and O–H groups in total. The monoisotopic (exact) mass is 106 g/mol. The van der Waals surface area contributed by atoms with Gasteiger partial charge in [0.25, 0.3) is 0 Å². The van der Waals surface area contributed by atoms with Gasteiger partial charge in [-0.2, -0.15) is 0 Å². The molecule has 0 saturated heterocycles. The van der Waals surface area contributed by atoms with Gasteiger partial charge in [0.05, 0.1) is 11.3 Å². The second-order valence-corrected chi connectivity index (χ2v) is 0.512. The molecule has 0 aliphatic heterocycles. The summed E-state index contributed by atoms with van der Waals surface area (Å²) in [6.45, 7) is 3.25. The largest absolute Gasteiger partial charge is 0.356 e. The van der Waals surface area contributed by atoms with E-state index < -0.39 is 5.09 Å². The molecule has 0 atom stereocenters. The Labute approximate surface area is 40.2 Å². The van der Waals surface area contributed by atoms with Gasteiger partial charge in [0.2, 0.25) is 0 Å². The molecule has 0 aliphatic carbocycles. The van der Waals surface area contributed by atoms with Crippen molar-refractivity contribution in [2.24, 2.45) is 0 Å². The predicted octanol–water partition coefficient (Wildman–Crippen LogP) is -0.867. The first-order valence-corrected chi connectivity index (χ1v) is 1.36. The summed E-state index contributed by atoms with van der Waals surface area (Å²) in [5.74, 6) is 0. The summed E-state index contributed by atoms with van der Waals surface area (Å²) in [6.07, 6.45) is 1.50. The quantitative estimate of drug-likeness (QED) is 0.321. The molecule has 5 nitrogen and oxygen atoms in total. The molecule has 0 aromatic rings. The smallest absolute Gasteiger partial charge is 0.0836 e. The van der Waals surface area contributed by atoms with Crippen LogP contribution in [0.1, 0.15) is 0 Å². The Bertz CT molecular complexity index is 58.0. The van der Waals surface area contributed by atoms with Gasteiger partial charge in [0, 0.05) is 0 Å². The zero-order chi connectivity index (χ0) is 6.28. The third-order valence-corrected chi connectivity index (χ3v) is 0. The number of nitrogens with zero attached hydrogens (tertiary/aromatic N) is 1. The third-order valence-electron chi connectivity index (χ3n) is 0. The summed E-state index contributed by atoms with van der Waals surface area (Å²) in [5, 5.41) is 14.8. The minimum absolute atomic E-state index is 1.50. The SMILES string of the molecule is C=C[NH3+].O=[N+]([O-])[O-]. The zero-order valence-corrected chi connectivity index (χ0v) is 3.66. The Morgan fingerprint density at radius 2 is 1.71 bits per heavy atom. The van der Waals surface area contributed by atoms with E-state index in [1.807, 2.05) is 0 Å². The van der Waals surface area contributed by atoms with Crippen molar-refractivity contribution in [3.8, 4) is 0 Å². The van der Waals surface area contributed by atoms with E-state index in [0.29, 0.717) is 0 Å². The maximum absolute atomic E-state index is 8.25. The Hall–Kier alpha value is -1.10. The van der Waals surface area contributed by atoms with Crippen LogP contribution in [0, 0.1) is 15.3 Å². The van der Waals surface area contributed by atoms with Crippen molar-refractivity contribution in [2.75, 3.05) is 0 Å². The van der Waals surface area contributed by atoms with Crippen LogP contribution in [0.15, 0.2) is 12.8 Å². The highest BCUT2D eigenvalue weighted by Crippen LogP contribution is 1.44. The lowest BCUT2D eigenvalue weighted by molar-refractivity contribution is -0.402. The molecule has 0 rings (SSSR count). The van der Waals surface area contributed by atoms with E-state index in [-0.39, 0.29) is 0 Å². The highest BCUT2D eigenvalue weighted by atomic mass is 16.9. The molecule has 5 heteroatoms. The lowest BCUT2D eigenvalue weighted by atomic mass is 11.1. The molecule has 42 valence electrons. The molecule has 0 heterocycles. The lowest BCUT2D eigenvalue weighted by Crippen LogP contribution is -2.38. The minimum atomic E-state index is -1.75. The maximum Gasteiger partial charge on any atom is 0.0836 e. The number of rotatable bonds is 0. The molecule has 0 fully saturated rings. The van der Waals surface area contributed by atoms with Crippen molar-refractivity contribution < 1.29 is 10.8 Å². The highest BCUT2D eigenvalue weighted by molar-refractivity contribution is 4.34. The summed E-state index contributed by atoms with van der Waals surface area (Å²) in [7, 11) is 0. The molecule has 0 aromatic carbocycles. The van der Waals surface area contributed by atoms with Gasteiger partial charge in [0.15, 0.2) is 0 Å². The molecule has 0 bridgehead atoms. The second-order valence-electron chi connectivity index (χ2n) is 0.512. The average Bonchev–Trinajstić information content (AvgIpc) is 1.33. The van der Waals surface area contributed by atoms with Gasteiger partial charge in [-0.3, -0.25) is 0 Å². The standard InChI is InChI=1S/C2H5N.NO3/c1-2-3;2-1(3)4/h2H,1,3H2;/q;-1/p+1. The number of hydrogen-bond donors (Lipinski definition) is 1. The highest BCUT2D eigenvalue weighted by Gasteiger charge is 1.45. The van der Waals surface area contributed by atoms with Crippen molar-refractivity contribution in [1.82, 2.24) is 0 Å². The second kappa shape index (κ2) is 8.86. The first-order valence-electron chi connectivity index (χ1n) is 1.36. The molecule has 7 heavy (non-hydrogen) atoms. The van der Waals surface area contributed by atoms with Crippen molar-refractivity contribution in [2.45, 2.75) is 0 Å². The van der Waals surface area contributed by atoms with Crippen LogP contribution in [0.2, 0.25) is 0 Å². The Balaban J connectivity index is 0. The summed E-state index contributed by atoms with van der Waals surface area (Å²) in [5.41, 5.74) is 3.25. The van der Waals surface area contributed by atoms with Gasteiger partial charge in [-0.25, -0.2) is 0 Å². The van der Waals surface area contributed by atoms with Crippen molar-refractivity contribution in [1.29, 1.82) is 0 Å². The van der Waals surface area contributed by atoms with E-state index in [1.54, 1.807) is 0 Å². The van der Waals surface area contributed by atoms with Crippen LogP contribution in [0.4, 0.5) is 0 Å². The molecular weight excluding hydrogens is 100 g/mol. The molecule has 0 unspecified atom stereocenters.